The molecule has 0 heterocycles. The third-order valence-electron chi connectivity index (χ3n) is 2.72. The van der Waals surface area contributed by atoms with Crippen LogP contribution in [0.3, 0.4) is 0 Å². The van der Waals surface area contributed by atoms with Gasteiger partial charge in [-0.25, -0.2) is 0 Å². The molecule has 0 saturated heterocycles. The molecule has 2 nitrogen and oxygen atoms in total. The van der Waals surface area contributed by atoms with Gasteiger partial charge >= 0.3 is 0 Å². The molecule has 2 heteroatoms. The minimum atomic E-state index is -0.614. The van der Waals surface area contributed by atoms with Crippen LogP contribution >= 0.6 is 0 Å². The molecule has 1 fully saturated rings. The maximum absolute atomic E-state index is 9.27. The van der Waals surface area contributed by atoms with E-state index in [0.717, 1.165) is 19.3 Å². The fourth-order valence-electron chi connectivity index (χ4n) is 2.50. The van der Waals surface area contributed by atoms with Crippen LogP contribution in [0.5, 0.6) is 0 Å². The van der Waals surface area contributed by atoms with Crippen LogP contribution in [0.4, 0.5) is 0 Å². The van der Waals surface area contributed by atoms with Crippen molar-refractivity contribution < 1.29 is 9.84 Å². The first-order chi connectivity index (χ1) is 6.04. The Bertz CT molecular complexity index is 134. The van der Waals surface area contributed by atoms with Crippen molar-refractivity contribution in [3.63, 3.8) is 0 Å². The van der Waals surface area contributed by atoms with Crippen molar-refractivity contribution in [1.29, 1.82) is 0 Å². The van der Waals surface area contributed by atoms with Gasteiger partial charge in [-0.15, -0.1) is 0 Å². The fraction of sp³-hybridized carbons (Fsp3) is 1.00. The van der Waals surface area contributed by atoms with Crippen molar-refractivity contribution in [2.24, 2.45) is 5.92 Å². The lowest BCUT2D eigenvalue weighted by atomic mass is 9.90. The quantitative estimate of drug-likeness (QED) is 0.684. The number of ether oxygens (including phenoxy) is 1. The summed E-state index contributed by atoms with van der Waals surface area (Å²) in [5.41, 5.74) is -0.0116. The average Bonchev–Trinajstić information content (AvgIpc) is 2.33. The zero-order valence-corrected chi connectivity index (χ0v) is 9.05. The van der Waals surface area contributed by atoms with Crippen LogP contribution in [-0.2, 0) is 4.74 Å². The number of hydrogen-bond donors (Lipinski definition) is 1. The highest BCUT2D eigenvalue weighted by Crippen LogP contribution is 2.38. The smallest absolute Gasteiger partial charge is 0.152 e. The lowest BCUT2D eigenvalue weighted by Crippen LogP contribution is -2.34. The van der Waals surface area contributed by atoms with Crippen LogP contribution in [0, 0.1) is 5.92 Å². The van der Waals surface area contributed by atoms with Crippen molar-refractivity contribution in [2.75, 3.05) is 0 Å². The summed E-state index contributed by atoms with van der Waals surface area (Å²) in [6.07, 6.45) is 5.21. The predicted molar refractivity (Wildman–Crippen MR) is 53.4 cm³/mol. The number of rotatable bonds is 4. The highest BCUT2D eigenvalue weighted by molar-refractivity contribution is 4.87. The Kier molecular flexibility index (Phi) is 3.74. The van der Waals surface area contributed by atoms with Gasteiger partial charge in [-0.1, -0.05) is 26.7 Å². The molecule has 0 aromatic heterocycles. The number of hydrogen-bond acceptors (Lipinski definition) is 2. The van der Waals surface area contributed by atoms with Gasteiger partial charge in [-0.05, 0) is 32.1 Å². The fourth-order valence-corrected chi connectivity index (χ4v) is 2.50. The molecule has 0 unspecified atom stereocenters. The van der Waals surface area contributed by atoms with Crippen molar-refractivity contribution in [2.45, 2.75) is 64.8 Å². The van der Waals surface area contributed by atoms with E-state index in [1.807, 2.05) is 0 Å². The Labute approximate surface area is 81.3 Å². The van der Waals surface area contributed by atoms with E-state index in [1.54, 1.807) is 6.92 Å². The summed E-state index contributed by atoms with van der Waals surface area (Å²) < 4.78 is 5.67. The molecule has 0 bridgehead atoms. The maximum atomic E-state index is 9.27. The van der Waals surface area contributed by atoms with E-state index in [-0.39, 0.29) is 5.60 Å². The number of aliphatic hydroxyl groups is 1. The second-order valence-electron chi connectivity index (χ2n) is 4.71. The summed E-state index contributed by atoms with van der Waals surface area (Å²) in [6.45, 7) is 6.14. The zero-order chi connectivity index (χ0) is 9.90. The molecule has 1 aliphatic rings. The normalized spacial score (nSPS) is 23.8. The van der Waals surface area contributed by atoms with Crippen molar-refractivity contribution in [3.8, 4) is 0 Å². The Morgan fingerprint density at radius 1 is 1.23 bits per heavy atom. The monoisotopic (exact) mass is 186 g/mol. The molecule has 1 rings (SSSR count). The van der Waals surface area contributed by atoms with Gasteiger partial charge in [0.15, 0.2) is 6.29 Å². The Morgan fingerprint density at radius 3 is 2.15 bits per heavy atom. The summed E-state index contributed by atoms with van der Waals surface area (Å²) in [5, 5.41) is 9.27. The Balaban J connectivity index is 2.52. The molecular formula is C11H22O2. The molecule has 1 saturated carbocycles. The van der Waals surface area contributed by atoms with Gasteiger partial charge in [-0.3, -0.25) is 0 Å². The summed E-state index contributed by atoms with van der Waals surface area (Å²) >= 11 is 0. The van der Waals surface area contributed by atoms with Crippen molar-refractivity contribution >= 4 is 0 Å². The van der Waals surface area contributed by atoms with Crippen molar-refractivity contribution in [1.82, 2.24) is 0 Å². The minimum Gasteiger partial charge on any atom is -0.368 e. The molecular weight excluding hydrogens is 164 g/mol. The topological polar surface area (TPSA) is 29.5 Å². The van der Waals surface area contributed by atoms with Gasteiger partial charge in [0.05, 0.1) is 5.60 Å². The molecule has 13 heavy (non-hydrogen) atoms. The number of aliphatic hydroxyl groups excluding tert-OH is 1. The molecule has 1 N–H and O–H groups in total. The Hall–Kier alpha value is -0.0800. The average molecular weight is 186 g/mol. The van der Waals surface area contributed by atoms with Crippen LogP contribution in [0.2, 0.25) is 0 Å². The first-order valence-corrected chi connectivity index (χ1v) is 5.40. The van der Waals surface area contributed by atoms with Gasteiger partial charge < -0.3 is 9.84 Å². The molecule has 1 atom stereocenters. The van der Waals surface area contributed by atoms with Crippen LogP contribution in [0.15, 0.2) is 0 Å². The van der Waals surface area contributed by atoms with Crippen LogP contribution < -0.4 is 0 Å². The lowest BCUT2D eigenvalue weighted by molar-refractivity contribution is -0.179. The van der Waals surface area contributed by atoms with E-state index in [1.165, 1.54) is 12.8 Å². The van der Waals surface area contributed by atoms with Gasteiger partial charge in [0.1, 0.15) is 0 Å². The predicted octanol–water partition coefficient (Wildman–Crippen LogP) is 2.70. The van der Waals surface area contributed by atoms with Gasteiger partial charge in [0, 0.05) is 0 Å². The van der Waals surface area contributed by atoms with Gasteiger partial charge in [0.25, 0.3) is 0 Å². The highest BCUT2D eigenvalue weighted by Gasteiger charge is 2.36. The molecule has 0 spiro atoms. The summed E-state index contributed by atoms with van der Waals surface area (Å²) in [4.78, 5) is 0. The zero-order valence-electron chi connectivity index (χ0n) is 9.05. The third kappa shape index (κ3) is 3.28. The van der Waals surface area contributed by atoms with E-state index in [0.29, 0.717) is 5.92 Å². The first kappa shape index (κ1) is 11.0. The van der Waals surface area contributed by atoms with Crippen LogP contribution in [-0.4, -0.2) is 17.0 Å². The van der Waals surface area contributed by atoms with Gasteiger partial charge in [0.2, 0.25) is 0 Å². The van der Waals surface area contributed by atoms with Crippen LogP contribution in [0.25, 0.3) is 0 Å². The first-order valence-electron chi connectivity index (χ1n) is 5.40. The second-order valence-corrected chi connectivity index (χ2v) is 4.71. The lowest BCUT2D eigenvalue weighted by Gasteiger charge is -2.32. The SMILES string of the molecule is CC(C)CC1(O[C@H](C)O)CCCC1. The molecule has 0 aromatic rings. The third-order valence-corrected chi connectivity index (χ3v) is 2.72. The molecule has 0 aliphatic heterocycles. The van der Waals surface area contributed by atoms with E-state index in [9.17, 15) is 5.11 Å². The molecule has 1 aliphatic carbocycles. The summed E-state index contributed by atoms with van der Waals surface area (Å²) in [5.74, 6) is 0.650. The summed E-state index contributed by atoms with van der Waals surface area (Å²) in [7, 11) is 0. The highest BCUT2D eigenvalue weighted by atomic mass is 16.6. The summed E-state index contributed by atoms with van der Waals surface area (Å²) in [6, 6.07) is 0. The van der Waals surface area contributed by atoms with Crippen molar-refractivity contribution in [3.05, 3.63) is 0 Å². The standard InChI is InChI=1S/C11H22O2/c1-9(2)8-11(13-10(3)12)6-4-5-7-11/h9-10,12H,4-8H2,1-3H3/t10-/m1/s1. The molecule has 0 amide bonds. The second kappa shape index (κ2) is 4.43. The largest absolute Gasteiger partial charge is 0.368 e. The van der Waals surface area contributed by atoms with E-state index < -0.39 is 6.29 Å². The molecule has 0 aromatic carbocycles. The minimum absolute atomic E-state index is 0.0116. The molecule has 0 radical (unpaired) electrons. The van der Waals surface area contributed by atoms with E-state index >= 15 is 0 Å². The Morgan fingerprint density at radius 2 is 1.77 bits per heavy atom. The van der Waals surface area contributed by atoms with Gasteiger partial charge in [-0.2, -0.15) is 0 Å². The van der Waals surface area contributed by atoms with E-state index in [4.69, 9.17) is 4.74 Å². The molecule has 78 valence electrons. The van der Waals surface area contributed by atoms with Crippen LogP contribution in [0.1, 0.15) is 52.9 Å². The maximum Gasteiger partial charge on any atom is 0.152 e. The van der Waals surface area contributed by atoms with E-state index in [2.05, 4.69) is 13.8 Å².